The summed E-state index contributed by atoms with van der Waals surface area (Å²) in [6.07, 6.45) is -0.267. The molecular weight excluding hydrogens is 645 g/mol. The van der Waals surface area contributed by atoms with Crippen LogP contribution >= 0.6 is 23.4 Å². The van der Waals surface area contributed by atoms with Crippen molar-refractivity contribution < 1.29 is 36.9 Å². The van der Waals surface area contributed by atoms with Crippen LogP contribution in [0.2, 0.25) is 5.02 Å². The molecule has 0 aliphatic carbocycles. The van der Waals surface area contributed by atoms with E-state index in [1.807, 2.05) is 30.3 Å². The van der Waals surface area contributed by atoms with Gasteiger partial charge in [0.15, 0.2) is 23.7 Å². The number of likely N-dealkylation sites (tertiary alicyclic amines) is 1. The average molecular weight is 673 g/mol. The lowest BCUT2D eigenvalue weighted by Gasteiger charge is -2.48. The maximum absolute atomic E-state index is 14.1. The number of carbonyl (C=O) groups is 1. The molecule has 3 aliphatic heterocycles. The Kier molecular flexibility index (Phi) is 8.79. The zero-order valence-corrected chi connectivity index (χ0v) is 26.0. The number of benzene rings is 3. The van der Waals surface area contributed by atoms with Crippen molar-refractivity contribution in [3.8, 4) is 11.3 Å². The third-order valence-corrected chi connectivity index (χ3v) is 9.75. The average Bonchev–Trinajstić information content (AvgIpc) is 3.52. The number of aromatic nitrogens is 3. The Bertz CT molecular complexity index is 1720. The third-order valence-electron chi connectivity index (χ3n) is 8.31. The van der Waals surface area contributed by atoms with Gasteiger partial charge >= 0.3 is 0 Å². The zero-order valence-electron chi connectivity index (χ0n) is 24.4. The number of carbonyl (C=O) groups excluding carboxylic acids is 1. The zero-order chi connectivity index (χ0) is 31.9. The van der Waals surface area contributed by atoms with E-state index in [-0.39, 0.29) is 23.8 Å². The number of rotatable bonds is 7. The Labute approximate surface area is 271 Å². The molecule has 0 N–H and O–H groups in total. The molecule has 0 bridgehead atoms. The molecule has 9 nitrogen and oxygen atoms in total. The van der Waals surface area contributed by atoms with Gasteiger partial charge in [-0.3, -0.25) is 4.79 Å². The molecule has 3 fully saturated rings. The molecule has 3 aromatic carbocycles. The first kappa shape index (κ1) is 31.2. The maximum Gasteiger partial charge on any atom is 0.254 e. The molecule has 46 heavy (non-hydrogen) atoms. The standard InChI is InChI=1S/C32H28ClF3N4O5S/c1-42-29-27(40-15-23(37-38-40)18-12-21(34)26(36)22(35)13-18)28-24(16-43-31(45-28)17-6-3-2-4-7-17)44-32(29)46-25-14-19(33)8-9-20(25)30(41)39-10-5-11-39/h2-4,6-9,12-15,24,27-29,31-32H,5,10-11,16H2,1H3. The highest BCUT2D eigenvalue weighted by atomic mass is 35.5. The molecule has 0 spiro atoms. The first-order chi connectivity index (χ1) is 22.3. The molecule has 0 saturated carbocycles. The van der Waals surface area contributed by atoms with Gasteiger partial charge in [0.2, 0.25) is 0 Å². The van der Waals surface area contributed by atoms with Gasteiger partial charge in [0.25, 0.3) is 5.91 Å². The minimum Gasteiger partial charge on any atom is -0.375 e. The molecule has 7 rings (SSSR count). The van der Waals surface area contributed by atoms with Crippen molar-refractivity contribution in [1.29, 1.82) is 0 Å². The number of amides is 1. The quantitative estimate of drug-likeness (QED) is 0.220. The summed E-state index contributed by atoms with van der Waals surface area (Å²) in [5, 5.41) is 8.91. The van der Waals surface area contributed by atoms with Gasteiger partial charge in [-0.15, -0.1) is 5.10 Å². The Balaban J connectivity index is 1.25. The third kappa shape index (κ3) is 5.91. The van der Waals surface area contributed by atoms with Gasteiger partial charge in [0.05, 0.1) is 18.4 Å². The fourth-order valence-electron chi connectivity index (χ4n) is 5.84. The van der Waals surface area contributed by atoms with E-state index in [4.69, 9.17) is 30.5 Å². The number of nitrogens with zero attached hydrogens (tertiary/aromatic N) is 4. The number of fused-ring (bicyclic) bond motifs is 1. The van der Waals surface area contributed by atoms with Crippen LogP contribution in [0.5, 0.6) is 0 Å². The van der Waals surface area contributed by atoms with Gasteiger partial charge in [0, 0.05) is 41.2 Å². The molecule has 14 heteroatoms. The van der Waals surface area contributed by atoms with E-state index in [0.29, 0.717) is 28.6 Å². The number of halogens is 4. The summed E-state index contributed by atoms with van der Waals surface area (Å²) in [6.45, 7) is 1.54. The molecule has 240 valence electrons. The lowest BCUT2D eigenvalue weighted by atomic mass is 9.95. The SMILES string of the molecule is COC1C(Sc2cc(Cl)ccc2C(=O)N2CCC2)OC2COC(c3ccccc3)OC2C1n1cc(-c2cc(F)c(F)c(F)c2)nn1. The minimum atomic E-state index is -1.57. The Hall–Kier alpha value is -3.46. The van der Waals surface area contributed by atoms with Gasteiger partial charge in [-0.2, -0.15) is 0 Å². The molecule has 1 aromatic heterocycles. The highest BCUT2D eigenvalue weighted by Gasteiger charge is 2.52. The second-order valence-corrected chi connectivity index (χ2v) is 12.7. The van der Waals surface area contributed by atoms with E-state index in [0.717, 1.165) is 24.1 Å². The van der Waals surface area contributed by atoms with Crippen LogP contribution in [0.1, 0.15) is 34.7 Å². The van der Waals surface area contributed by atoms with Gasteiger partial charge in [-0.05, 0) is 36.8 Å². The summed E-state index contributed by atoms with van der Waals surface area (Å²) in [4.78, 5) is 15.7. The summed E-state index contributed by atoms with van der Waals surface area (Å²) >= 11 is 7.68. The molecule has 4 heterocycles. The monoisotopic (exact) mass is 672 g/mol. The van der Waals surface area contributed by atoms with E-state index < -0.39 is 53.5 Å². The Morgan fingerprint density at radius 2 is 1.80 bits per heavy atom. The summed E-state index contributed by atoms with van der Waals surface area (Å²) in [6, 6.07) is 15.6. The maximum atomic E-state index is 14.1. The molecular formula is C32H28ClF3N4O5S. The first-order valence-corrected chi connectivity index (χ1v) is 15.9. The van der Waals surface area contributed by atoms with Crippen molar-refractivity contribution >= 4 is 29.3 Å². The molecule has 0 radical (unpaired) electrons. The molecule has 3 aliphatic rings. The van der Waals surface area contributed by atoms with Crippen LogP contribution in [-0.2, 0) is 18.9 Å². The van der Waals surface area contributed by atoms with Gasteiger partial charge < -0.3 is 23.8 Å². The number of methoxy groups -OCH3 is 1. The predicted octanol–water partition coefficient (Wildman–Crippen LogP) is 6.05. The molecule has 4 aromatic rings. The number of hydrogen-bond donors (Lipinski definition) is 0. The van der Waals surface area contributed by atoms with Gasteiger partial charge in [0.1, 0.15) is 35.5 Å². The minimum absolute atomic E-state index is 0.00860. The second kappa shape index (κ2) is 13.0. The molecule has 3 saturated heterocycles. The van der Waals surface area contributed by atoms with Crippen LogP contribution in [0.3, 0.4) is 0 Å². The number of hydrogen-bond acceptors (Lipinski definition) is 8. The van der Waals surface area contributed by atoms with Crippen molar-refractivity contribution in [2.75, 3.05) is 26.8 Å². The van der Waals surface area contributed by atoms with Crippen LogP contribution in [0, 0.1) is 17.5 Å². The molecule has 6 atom stereocenters. The van der Waals surface area contributed by atoms with Crippen molar-refractivity contribution in [3.05, 3.63) is 100 Å². The van der Waals surface area contributed by atoms with E-state index in [9.17, 15) is 18.0 Å². The van der Waals surface area contributed by atoms with E-state index in [2.05, 4.69) is 10.3 Å². The van der Waals surface area contributed by atoms with Crippen LogP contribution in [0.25, 0.3) is 11.3 Å². The summed E-state index contributed by atoms with van der Waals surface area (Å²) in [7, 11) is 1.52. The Morgan fingerprint density at radius 3 is 2.50 bits per heavy atom. The fraction of sp³-hybridized carbons (Fsp3) is 0.344. The van der Waals surface area contributed by atoms with E-state index in [1.54, 1.807) is 23.1 Å². The summed E-state index contributed by atoms with van der Waals surface area (Å²) in [5.41, 5.74) is 0.717. The lowest BCUT2D eigenvalue weighted by Crippen LogP contribution is -2.59. The van der Waals surface area contributed by atoms with E-state index >= 15 is 0 Å². The highest BCUT2D eigenvalue weighted by Crippen LogP contribution is 2.45. The van der Waals surface area contributed by atoms with Crippen LogP contribution in [0.15, 0.2) is 71.8 Å². The largest absolute Gasteiger partial charge is 0.375 e. The molecule has 1 amide bonds. The van der Waals surface area contributed by atoms with Crippen LogP contribution in [0.4, 0.5) is 13.2 Å². The van der Waals surface area contributed by atoms with E-state index in [1.165, 1.54) is 29.8 Å². The predicted molar refractivity (Wildman–Crippen MR) is 162 cm³/mol. The van der Waals surface area contributed by atoms with Gasteiger partial charge in [-0.25, -0.2) is 17.9 Å². The topological polar surface area (TPSA) is 87.9 Å². The lowest BCUT2D eigenvalue weighted by molar-refractivity contribution is -0.308. The summed E-state index contributed by atoms with van der Waals surface area (Å²) in [5.74, 6) is -4.35. The first-order valence-electron chi connectivity index (χ1n) is 14.6. The Morgan fingerprint density at radius 1 is 1.04 bits per heavy atom. The van der Waals surface area contributed by atoms with Crippen molar-refractivity contribution in [2.45, 2.75) is 47.4 Å². The molecule has 6 unspecified atom stereocenters. The van der Waals surface area contributed by atoms with Gasteiger partial charge in [-0.1, -0.05) is 58.9 Å². The number of ether oxygens (including phenoxy) is 4. The summed E-state index contributed by atoms with van der Waals surface area (Å²) < 4.78 is 68.6. The second-order valence-electron chi connectivity index (χ2n) is 11.2. The van der Waals surface area contributed by atoms with Crippen molar-refractivity contribution in [3.63, 3.8) is 0 Å². The van der Waals surface area contributed by atoms with Crippen molar-refractivity contribution in [1.82, 2.24) is 19.9 Å². The van der Waals surface area contributed by atoms with Crippen LogP contribution in [-0.4, -0.2) is 76.4 Å². The fourth-order valence-corrected chi connectivity index (χ4v) is 7.41. The number of thioether (sulfide) groups is 1. The highest BCUT2D eigenvalue weighted by molar-refractivity contribution is 8.00. The van der Waals surface area contributed by atoms with Crippen molar-refractivity contribution in [2.24, 2.45) is 0 Å². The van der Waals surface area contributed by atoms with Crippen LogP contribution < -0.4 is 0 Å². The smallest absolute Gasteiger partial charge is 0.254 e. The normalized spacial score (nSPS) is 26.0.